The van der Waals surface area contributed by atoms with Gasteiger partial charge in [0.25, 0.3) is 0 Å². The Hall–Kier alpha value is -1.10. The Bertz CT molecular complexity index is 404. The zero-order valence-corrected chi connectivity index (χ0v) is 11.2. The number of furan rings is 1. The van der Waals surface area contributed by atoms with Crippen LogP contribution in [0.1, 0.15) is 18.6 Å². The first-order chi connectivity index (χ1) is 9.38. The molecule has 2 heterocycles. The summed E-state index contributed by atoms with van der Waals surface area (Å²) in [6, 6.07) is 4.43. The van der Waals surface area contributed by atoms with E-state index in [0.29, 0.717) is 12.6 Å². The predicted octanol–water partition coefficient (Wildman–Crippen LogP) is 2.21. The van der Waals surface area contributed by atoms with Crippen LogP contribution in [0.5, 0.6) is 0 Å². The topological polar surface area (TPSA) is 34.8 Å². The van der Waals surface area contributed by atoms with Gasteiger partial charge in [-0.25, -0.2) is 0 Å². The fourth-order valence-corrected chi connectivity index (χ4v) is 3.16. The molecule has 4 heteroatoms. The van der Waals surface area contributed by atoms with E-state index in [2.05, 4.69) is 11.5 Å². The molecule has 0 amide bonds. The lowest BCUT2D eigenvalue weighted by atomic mass is 10.1. The molecule has 104 valence electrons. The summed E-state index contributed by atoms with van der Waals surface area (Å²) in [5, 5.41) is 0. The average molecular weight is 263 g/mol. The number of rotatable bonds is 5. The van der Waals surface area contributed by atoms with Gasteiger partial charge < -0.3 is 13.9 Å². The summed E-state index contributed by atoms with van der Waals surface area (Å²) in [5.74, 6) is 1.02. The zero-order chi connectivity index (χ0) is 13.1. The molecule has 1 aromatic rings. The maximum absolute atomic E-state index is 5.93. The summed E-state index contributed by atoms with van der Waals surface area (Å²) in [5.41, 5.74) is 0. The number of hydrogen-bond acceptors (Lipinski definition) is 4. The molecule has 1 aliphatic carbocycles. The lowest BCUT2D eigenvalue weighted by Gasteiger charge is -2.38. The number of hydrogen-bond donors (Lipinski definition) is 0. The third kappa shape index (κ3) is 2.76. The molecule has 0 N–H and O–H groups in total. The minimum absolute atomic E-state index is 0.198. The Kier molecular flexibility index (Phi) is 4.01. The lowest BCUT2D eigenvalue weighted by molar-refractivity contribution is -0.112. The van der Waals surface area contributed by atoms with Crippen LogP contribution in [0.15, 0.2) is 35.5 Å². The van der Waals surface area contributed by atoms with Crippen LogP contribution >= 0.6 is 0 Å². The lowest BCUT2D eigenvalue weighted by Crippen LogP contribution is -2.51. The third-order valence-electron chi connectivity index (χ3n) is 4.02. The first-order valence-corrected chi connectivity index (χ1v) is 6.99. The van der Waals surface area contributed by atoms with Crippen molar-refractivity contribution >= 4 is 0 Å². The van der Waals surface area contributed by atoms with Crippen molar-refractivity contribution in [3.63, 3.8) is 0 Å². The van der Waals surface area contributed by atoms with E-state index in [4.69, 9.17) is 13.9 Å². The SMILES string of the molecule is C=CCO[C@@H]1CC[C@H]2[C@H]1OCCN2Cc1ccco1. The van der Waals surface area contributed by atoms with Gasteiger partial charge in [-0.15, -0.1) is 6.58 Å². The third-order valence-corrected chi connectivity index (χ3v) is 4.02. The molecule has 3 rings (SSSR count). The first-order valence-electron chi connectivity index (χ1n) is 6.99. The van der Waals surface area contributed by atoms with Gasteiger partial charge in [0.1, 0.15) is 5.76 Å². The molecule has 0 aromatic carbocycles. The summed E-state index contributed by atoms with van der Waals surface area (Å²) < 4.78 is 17.2. The standard InChI is InChI=1S/C15H21NO3/c1-2-8-18-14-6-5-13-15(14)19-10-7-16(13)11-12-4-3-9-17-12/h2-4,9,13-15H,1,5-8,10-11H2/t13-,14+,15+/m0/s1. The Morgan fingerprint density at radius 2 is 2.42 bits per heavy atom. The molecular formula is C15H21NO3. The molecule has 2 fully saturated rings. The Morgan fingerprint density at radius 3 is 3.21 bits per heavy atom. The van der Waals surface area contributed by atoms with Crippen molar-refractivity contribution in [1.82, 2.24) is 4.90 Å². The molecule has 0 unspecified atom stereocenters. The number of morpholine rings is 1. The Labute approximate surface area is 114 Å². The van der Waals surface area contributed by atoms with Gasteiger partial charge in [-0.2, -0.15) is 0 Å². The second kappa shape index (κ2) is 5.90. The normalized spacial score (nSPS) is 31.3. The van der Waals surface area contributed by atoms with Crippen LogP contribution in [0.4, 0.5) is 0 Å². The van der Waals surface area contributed by atoms with Crippen LogP contribution in [0.25, 0.3) is 0 Å². The molecule has 19 heavy (non-hydrogen) atoms. The Balaban J connectivity index is 1.63. The van der Waals surface area contributed by atoms with Gasteiger partial charge in [-0.05, 0) is 25.0 Å². The summed E-state index contributed by atoms with van der Waals surface area (Å²) in [4.78, 5) is 2.46. The second-order valence-corrected chi connectivity index (χ2v) is 5.19. The van der Waals surface area contributed by atoms with Crippen molar-refractivity contribution in [2.24, 2.45) is 0 Å². The van der Waals surface area contributed by atoms with Crippen molar-refractivity contribution in [3.8, 4) is 0 Å². The summed E-state index contributed by atoms with van der Waals surface area (Å²) in [6.45, 7) is 6.92. The maximum atomic E-state index is 5.93. The van der Waals surface area contributed by atoms with Crippen LogP contribution in [0.2, 0.25) is 0 Å². The van der Waals surface area contributed by atoms with Gasteiger partial charge in [-0.3, -0.25) is 4.90 Å². The quantitative estimate of drug-likeness (QED) is 0.763. The molecule has 0 spiro atoms. The highest BCUT2D eigenvalue weighted by Crippen LogP contribution is 2.32. The van der Waals surface area contributed by atoms with Crippen LogP contribution in [0.3, 0.4) is 0 Å². The van der Waals surface area contributed by atoms with Gasteiger partial charge in [0.05, 0.1) is 38.2 Å². The predicted molar refractivity (Wildman–Crippen MR) is 71.8 cm³/mol. The summed E-state index contributed by atoms with van der Waals surface area (Å²) in [6.07, 6.45) is 6.14. The summed E-state index contributed by atoms with van der Waals surface area (Å²) >= 11 is 0. The van der Waals surface area contributed by atoms with Crippen molar-refractivity contribution < 1.29 is 13.9 Å². The fourth-order valence-electron chi connectivity index (χ4n) is 3.16. The van der Waals surface area contributed by atoms with E-state index in [0.717, 1.165) is 38.3 Å². The van der Waals surface area contributed by atoms with E-state index in [1.807, 2.05) is 12.1 Å². The van der Waals surface area contributed by atoms with E-state index in [9.17, 15) is 0 Å². The highest BCUT2D eigenvalue weighted by molar-refractivity contribution is 5.02. The van der Waals surface area contributed by atoms with E-state index in [1.165, 1.54) is 0 Å². The van der Waals surface area contributed by atoms with Crippen molar-refractivity contribution in [2.45, 2.75) is 37.6 Å². The minimum Gasteiger partial charge on any atom is -0.468 e. The summed E-state index contributed by atoms with van der Waals surface area (Å²) in [7, 11) is 0. The van der Waals surface area contributed by atoms with Crippen molar-refractivity contribution in [3.05, 3.63) is 36.8 Å². The van der Waals surface area contributed by atoms with Gasteiger partial charge in [0.15, 0.2) is 0 Å². The van der Waals surface area contributed by atoms with Crippen LogP contribution in [0, 0.1) is 0 Å². The highest BCUT2D eigenvalue weighted by Gasteiger charge is 2.43. The van der Waals surface area contributed by atoms with E-state index < -0.39 is 0 Å². The number of nitrogens with zero attached hydrogens (tertiary/aromatic N) is 1. The molecule has 1 saturated carbocycles. The second-order valence-electron chi connectivity index (χ2n) is 5.19. The van der Waals surface area contributed by atoms with E-state index in [-0.39, 0.29) is 12.2 Å². The van der Waals surface area contributed by atoms with Crippen LogP contribution in [-0.2, 0) is 16.0 Å². The van der Waals surface area contributed by atoms with Gasteiger partial charge >= 0.3 is 0 Å². The van der Waals surface area contributed by atoms with Gasteiger partial charge in [-0.1, -0.05) is 6.08 Å². The van der Waals surface area contributed by atoms with E-state index in [1.54, 1.807) is 12.3 Å². The Morgan fingerprint density at radius 1 is 1.47 bits per heavy atom. The molecule has 3 atom stereocenters. The molecule has 0 bridgehead atoms. The molecule has 1 saturated heterocycles. The van der Waals surface area contributed by atoms with E-state index >= 15 is 0 Å². The smallest absolute Gasteiger partial charge is 0.117 e. The first kappa shape index (κ1) is 12.9. The largest absolute Gasteiger partial charge is 0.468 e. The average Bonchev–Trinajstić information content (AvgIpc) is 3.06. The molecule has 4 nitrogen and oxygen atoms in total. The van der Waals surface area contributed by atoms with Crippen LogP contribution < -0.4 is 0 Å². The number of ether oxygens (including phenoxy) is 2. The molecule has 1 aromatic heterocycles. The maximum Gasteiger partial charge on any atom is 0.117 e. The highest BCUT2D eigenvalue weighted by atomic mass is 16.5. The fraction of sp³-hybridized carbons (Fsp3) is 0.600. The van der Waals surface area contributed by atoms with Gasteiger partial charge in [0, 0.05) is 12.6 Å². The molecule has 0 radical (unpaired) electrons. The molecule has 2 aliphatic rings. The zero-order valence-electron chi connectivity index (χ0n) is 11.2. The monoisotopic (exact) mass is 263 g/mol. The van der Waals surface area contributed by atoms with Crippen molar-refractivity contribution in [2.75, 3.05) is 19.8 Å². The minimum atomic E-state index is 0.198. The molecular weight excluding hydrogens is 242 g/mol. The van der Waals surface area contributed by atoms with Crippen LogP contribution in [-0.4, -0.2) is 42.9 Å². The molecule has 1 aliphatic heterocycles. The van der Waals surface area contributed by atoms with Crippen molar-refractivity contribution in [1.29, 1.82) is 0 Å². The number of fused-ring (bicyclic) bond motifs is 1. The van der Waals surface area contributed by atoms with Gasteiger partial charge in [0.2, 0.25) is 0 Å².